The Labute approximate surface area is 124 Å². The van der Waals surface area contributed by atoms with Crippen LogP contribution in [0.4, 0.5) is 5.69 Å². The molecule has 114 valence electrons. The molecule has 0 heterocycles. The van der Waals surface area contributed by atoms with Crippen molar-refractivity contribution >= 4 is 17.6 Å². The second kappa shape index (κ2) is 6.61. The molecule has 5 heteroatoms. The molecule has 1 aliphatic carbocycles. The number of anilines is 1. The topological polar surface area (TPSA) is 92.4 Å². The van der Waals surface area contributed by atoms with Gasteiger partial charge in [-0.25, -0.2) is 0 Å². The molecule has 4 N–H and O–H groups in total. The van der Waals surface area contributed by atoms with Crippen LogP contribution in [-0.2, 0) is 4.79 Å². The maximum Gasteiger partial charge on any atom is 0.306 e. The smallest absolute Gasteiger partial charge is 0.306 e. The lowest BCUT2D eigenvalue weighted by Gasteiger charge is -2.26. The number of hydrogen-bond acceptors (Lipinski definition) is 3. The molecule has 0 saturated heterocycles. The van der Waals surface area contributed by atoms with Gasteiger partial charge < -0.3 is 16.2 Å². The summed E-state index contributed by atoms with van der Waals surface area (Å²) in [6, 6.07) is 5.40. The molecular formula is C16H22N2O3. The fourth-order valence-corrected chi connectivity index (χ4v) is 2.81. The van der Waals surface area contributed by atoms with Gasteiger partial charge in [0.25, 0.3) is 5.91 Å². The number of nitrogen functional groups attached to an aromatic ring is 1. The van der Waals surface area contributed by atoms with Crippen LogP contribution in [0.25, 0.3) is 0 Å². The molecule has 2 rings (SSSR count). The van der Waals surface area contributed by atoms with Crippen LogP contribution in [0.5, 0.6) is 0 Å². The quantitative estimate of drug-likeness (QED) is 0.741. The summed E-state index contributed by atoms with van der Waals surface area (Å²) in [5.74, 6) is -0.721. The minimum absolute atomic E-state index is 0.156. The van der Waals surface area contributed by atoms with E-state index in [1.54, 1.807) is 12.1 Å². The number of nitrogens with two attached hydrogens (primary N) is 1. The highest BCUT2D eigenvalue weighted by Gasteiger charge is 2.26. The summed E-state index contributed by atoms with van der Waals surface area (Å²) in [7, 11) is 0. The molecule has 1 aromatic carbocycles. The van der Waals surface area contributed by atoms with Crippen molar-refractivity contribution in [3.8, 4) is 0 Å². The number of aryl methyl sites for hydroxylation is 1. The molecule has 1 aromatic rings. The minimum Gasteiger partial charge on any atom is -0.481 e. The van der Waals surface area contributed by atoms with Gasteiger partial charge in [0, 0.05) is 12.2 Å². The lowest BCUT2D eigenvalue weighted by molar-refractivity contribution is -0.143. The Kier molecular flexibility index (Phi) is 4.83. The molecule has 1 amide bonds. The van der Waals surface area contributed by atoms with Crippen molar-refractivity contribution in [1.29, 1.82) is 0 Å². The van der Waals surface area contributed by atoms with Crippen molar-refractivity contribution < 1.29 is 14.7 Å². The van der Waals surface area contributed by atoms with Crippen molar-refractivity contribution in [3.05, 3.63) is 29.3 Å². The van der Waals surface area contributed by atoms with Gasteiger partial charge >= 0.3 is 5.97 Å². The van der Waals surface area contributed by atoms with E-state index in [0.29, 0.717) is 36.6 Å². The van der Waals surface area contributed by atoms with E-state index in [4.69, 9.17) is 10.8 Å². The van der Waals surface area contributed by atoms with Crippen molar-refractivity contribution in [2.45, 2.75) is 32.6 Å². The summed E-state index contributed by atoms with van der Waals surface area (Å²) in [6.07, 6.45) is 3.09. The second-order valence-corrected chi connectivity index (χ2v) is 5.86. The van der Waals surface area contributed by atoms with Gasteiger partial charge in [0.1, 0.15) is 0 Å². The Hall–Kier alpha value is -2.04. The summed E-state index contributed by atoms with van der Waals surface area (Å²) in [5, 5.41) is 11.9. The molecule has 0 atom stereocenters. The zero-order valence-electron chi connectivity index (χ0n) is 12.3. The van der Waals surface area contributed by atoms with E-state index < -0.39 is 5.97 Å². The number of carbonyl (C=O) groups excluding carboxylic acids is 1. The summed E-state index contributed by atoms with van der Waals surface area (Å²) >= 11 is 0. The zero-order chi connectivity index (χ0) is 15.4. The van der Waals surface area contributed by atoms with Gasteiger partial charge in [0.05, 0.1) is 11.5 Å². The Bertz CT molecular complexity index is 534. The minimum atomic E-state index is -0.704. The summed E-state index contributed by atoms with van der Waals surface area (Å²) in [6.45, 7) is 2.50. The van der Waals surface area contributed by atoms with Crippen LogP contribution in [0.2, 0.25) is 0 Å². The molecule has 21 heavy (non-hydrogen) atoms. The maximum atomic E-state index is 12.1. The Morgan fingerprint density at radius 3 is 2.57 bits per heavy atom. The molecule has 1 fully saturated rings. The zero-order valence-corrected chi connectivity index (χ0v) is 12.3. The lowest BCUT2D eigenvalue weighted by Crippen LogP contribution is -2.32. The highest BCUT2D eigenvalue weighted by atomic mass is 16.4. The first-order valence-electron chi connectivity index (χ1n) is 7.34. The third-order valence-electron chi connectivity index (χ3n) is 4.20. The monoisotopic (exact) mass is 290 g/mol. The SMILES string of the molecule is Cc1ccc(N)c(C(=O)NCC2CCC(C(=O)O)CC2)c1. The highest BCUT2D eigenvalue weighted by molar-refractivity contribution is 5.99. The van der Waals surface area contributed by atoms with Crippen LogP contribution in [0.1, 0.15) is 41.6 Å². The Balaban J connectivity index is 1.85. The number of aliphatic carboxylic acids is 1. The third kappa shape index (κ3) is 3.97. The average molecular weight is 290 g/mol. The van der Waals surface area contributed by atoms with Gasteiger partial charge in [0.15, 0.2) is 0 Å². The fourth-order valence-electron chi connectivity index (χ4n) is 2.81. The number of nitrogens with one attached hydrogen (secondary N) is 1. The largest absolute Gasteiger partial charge is 0.481 e. The van der Waals surface area contributed by atoms with E-state index in [2.05, 4.69) is 5.32 Å². The number of carboxylic acid groups (broad SMARTS) is 1. The van der Waals surface area contributed by atoms with E-state index in [-0.39, 0.29) is 11.8 Å². The van der Waals surface area contributed by atoms with Crippen LogP contribution in [0.15, 0.2) is 18.2 Å². The number of carbonyl (C=O) groups is 2. The number of rotatable bonds is 4. The summed E-state index contributed by atoms with van der Waals surface area (Å²) in [4.78, 5) is 23.0. The molecule has 0 spiro atoms. The van der Waals surface area contributed by atoms with E-state index in [0.717, 1.165) is 18.4 Å². The molecule has 0 radical (unpaired) electrons. The molecular weight excluding hydrogens is 268 g/mol. The molecule has 0 bridgehead atoms. The second-order valence-electron chi connectivity index (χ2n) is 5.86. The molecule has 0 aromatic heterocycles. The molecule has 5 nitrogen and oxygen atoms in total. The Morgan fingerprint density at radius 2 is 1.95 bits per heavy atom. The predicted octanol–water partition coefficient (Wildman–Crippen LogP) is 2.20. The van der Waals surface area contributed by atoms with E-state index in [1.165, 1.54) is 0 Å². The molecule has 1 saturated carbocycles. The van der Waals surface area contributed by atoms with Gasteiger partial charge in [-0.05, 0) is 50.7 Å². The molecule has 1 aliphatic rings. The maximum absolute atomic E-state index is 12.1. The first-order valence-corrected chi connectivity index (χ1v) is 7.34. The number of carboxylic acids is 1. The van der Waals surface area contributed by atoms with Crippen LogP contribution < -0.4 is 11.1 Å². The Morgan fingerprint density at radius 1 is 1.29 bits per heavy atom. The van der Waals surface area contributed by atoms with Crippen molar-refractivity contribution in [2.24, 2.45) is 11.8 Å². The van der Waals surface area contributed by atoms with Crippen molar-refractivity contribution in [1.82, 2.24) is 5.32 Å². The predicted molar refractivity (Wildman–Crippen MR) is 81.0 cm³/mol. The number of amides is 1. The van der Waals surface area contributed by atoms with E-state index in [9.17, 15) is 9.59 Å². The van der Waals surface area contributed by atoms with E-state index in [1.807, 2.05) is 13.0 Å². The lowest BCUT2D eigenvalue weighted by atomic mass is 9.82. The van der Waals surface area contributed by atoms with Crippen LogP contribution in [-0.4, -0.2) is 23.5 Å². The molecule has 0 aliphatic heterocycles. The first-order chi connectivity index (χ1) is 9.97. The average Bonchev–Trinajstić information content (AvgIpc) is 2.47. The summed E-state index contributed by atoms with van der Waals surface area (Å²) in [5.41, 5.74) is 7.81. The van der Waals surface area contributed by atoms with Crippen LogP contribution >= 0.6 is 0 Å². The number of hydrogen-bond donors (Lipinski definition) is 3. The van der Waals surface area contributed by atoms with Gasteiger partial charge in [0.2, 0.25) is 0 Å². The normalized spacial score (nSPS) is 21.8. The van der Waals surface area contributed by atoms with Crippen molar-refractivity contribution in [2.75, 3.05) is 12.3 Å². The van der Waals surface area contributed by atoms with Crippen LogP contribution in [0, 0.1) is 18.8 Å². The van der Waals surface area contributed by atoms with Gasteiger partial charge in [-0.3, -0.25) is 9.59 Å². The fraction of sp³-hybridized carbons (Fsp3) is 0.500. The highest BCUT2D eigenvalue weighted by Crippen LogP contribution is 2.28. The van der Waals surface area contributed by atoms with Gasteiger partial charge in [-0.15, -0.1) is 0 Å². The first kappa shape index (κ1) is 15.4. The molecule has 0 unspecified atom stereocenters. The van der Waals surface area contributed by atoms with Gasteiger partial charge in [-0.2, -0.15) is 0 Å². The summed E-state index contributed by atoms with van der Waals surface area (Å²) < 4.78 is 0. The van der Waals surface area contributed by atoms with Gasteiger partial charge in [-0.1, -0.05) is 11.6 Å². The third-order valence-corrected chi connectivity index (χ3v) is 4.20. The standard InChI is InChI=1S/C16H22N2O3/c1-10-2-7-14(17)13(8-10)15(19)18-9-11-3-5-12(6-4-11)16(20)21/h2,7-8,11-12H,3-6,9,17H2,1H3,(H,18,19)(H,20,21). The van der Waals surface area contributed by atoms with Crippen molar-refractivity contribution in [3.63, 3.8) is 0 Å². The number of benzene rings is 1. The van der Waals surface area contributed by atoms with E-state index >= 15 is 0 Å². The van der Waals surface area contributed by atoms with Crippen LogP contribution in [0.3, 0.4) is 0 Å².